The number of nitrogens with two attached hydrogens (primary N) is 2. The zero-order valence-electron chi connectivity index (χ0n) is 13.2. The van der Waals surface area contributed by atoms with Crippen molar-refractivity contribution in [3.63, 3.8) is 0 Å². The Morgan fingerprint density at radius 1 is 1.09 bits per heavy atom. The summed E-state index contributed by atoms with van der Waals surface area (Å²) >= 11 is 0. The number of carbonyl (C=O) groups is 1. The summed E-state index contributed by atoms with van der Waals surface area (Å²) in [6.45, 7) is 1.89. The van der Waals surface area contributed by atoms with Gasteiger partial charge in [-0.3, -0.25) is 4.79 Å². The Balaban J connectivity index is 1.66. The molecular formula is C19H23N3O. The van der Waals surface area contributed by atoms with E-state index in [-0.39, 0.29) is 0 Å². The van der Waals surface area contributed by atoms with Crippen LogP contribution in [0.5, 0.6) is 0 Å². The summed E-state index contributed by atoms with van der Waals surface area (Å²) in [6, 6.07) is 16.0. The normalized spacial score (nSPS) is 15.6. The van der Waals surface area contributed by atoms with Gasteiger partial charge in [0, 0.05) is 24.5 Å². The van der Waals surface area contributed by atoms with Gasteiger partial charge in [0.15, 0.2) is 0 Å². The number of nitrogen functional groups attached to an aromatic ring is 1. The van der Waals surface area contributed by atoms with E-state index in [1.165, 1.54) is 5.56 Å². The summed E-state index contributed by atoms with van der Waals surface area (Å²) in [4.78, 5) is 13.9. The molecule has 120 valence electrons. The first-order chi connectivity index (χ1) is 11.1. The molecule has 1 amide bonds. The third-order valence-electron chi connectivity index (χ3n) is 4.61. The number of rotatable bonds is 4. The van der Waals surface area contributed by atoms with Crippen molar-refractivity contribution in [1.29, 1.82) is 0 Å². The summed E-state index contributed by atoms with van der Waals surface area (Å²) in [7, 11) is 0. The molecule has 1 aliphatic heterocycles. The molecule has 3 rings (SSSR count). The molecule has 0 aromatic heterocycles. The van der Waals surface area contributed by atoms with Crippen LogP contribution in [-0.4, -0.2) is 19.0 Å². The van der Waals surface area contributed by atoms with Crippen molar-refractivity contribution in [3.8, 4) is 0 Å². The van der Waals surface area contributed by atoms with Crippen LogP contribution in [0.4, 0.5) is 11.4 Å². The Hall–Kier alpha value is -2.49. The number of hydrogen-bond donors (Lipinski definition) is 2. The van der Waals surface area contributed by atoms with Crippen molar-refractivity contribution < 1.29 is 4.79 Å². The average Bonchev–Trinajstić information content (AvgIpc) is 2.56. The zero-order valence-corrected chi connectivity index (χ0v) is 13.2. The number of piperidine rings is 1. The fourth-order valence-electron chi connectivity index (χ4n) is 3.35. The molecule has 1 heterocycles. The first-order valence-corrected chi connectivity index (χ1v) is 8.11. The molecule has 0 radical (unpaired) electrons. The molecular weight excluding hydrogens is 286 g/mol. The summed E-state index contributed by atoms with van der Waals surface area (Å²) < 4.78 is 0. The van der Waals surface area contributed by atoms with Crippen molar-refractivity contribution in [3.05, 3.63) is 59.7 Å². The van der Waals surface area contributed by atoms with Gasteiger partial charge in [0.1, 0.15) is 0 Å². The smallest absolute Gasteiger partial charge is 0.250 e. The standard InChI is InChI=1S/C19H23N3O/c20-16-6-7-18(17(13-16)19(21)23)22-10-8-15(9-11-22)12-14-4-2-1-3-5-14/h1-7,13,15H,8-12,20H2,(H2,21,23). The largest absolute Gasteiger partial charge is 0.399 e. The highest BCUT2D eigenvalue weighted by molar-refractivity contribution is 5.99. The number of anilines is 2. The molecule has 0 spiro atoms. The van der Waals surface area contributed by atoms with Crippen LogP contribution in [0.15, 0.2) is 48.5 Å². The maximum absolute atomic E-state index is 11.7. The lowest BCUT2D eigenvalue weighted by Crippen LogP contribution is -2.35. The predicted octanol–water partition coefficient (Wildman–Crippen LogP) is 2.83. The van der Waals surface area contributed by atoms with E-state index in [1.807, 2.05) is 12.1 Å². The van der Waals surface area contributed by atoms with Crippen molar-refractivity contribution in [2.45, 2.75) is 19.3 Å². The van der Waals surface area contributed by atoms with Crippen LogP contribution in [-0.2, 0) is 6.42 Å². The SMILES string of the molecule is NC(=O)c1cc(N)ccc1N1CCC(Cc2ccccc2)CC1. The number of amides is 1. The van der Waals surface area contributed by atoms with E-state index >= 15 is 0 Å². The second-order valence-electron chi connectivity index (χ2n) is 6.26. The molecule has 0 saturated carbocycles. The maximum Gasteiger partial charge on any atom is 0.250 e. The van der Waals surface area contributed by atoms with Gasteiger partial charge in [-0.2, -0.15) is 0 Å². The summed E-state index contributed by atoms with van der Waals surface area (Å²) in [5, 5.41) is 0. The minimum atomic E-state index is -0.418. The van der Waals surface area contributed by atoms with Gasteiger partial charge in [0.05, 0.1) is 5.56 Å². The van der Waals surface area contributed by atoms with Gasteiger partial charge in [-0.1, -0.05) is 30.3 Å². The molecule has 0 atom stereocenters. The molecule has 23 heavy (non-hydrogen) atoms. The van der Waals surface area contributed by atoms with Crippen LogP contribution in [0.25, 0.3) is 0 Å². The molecule has 2 aromatic carbocycles. The first kappa shape index (κ1) is 15.4. The fraction of sp³-hybridized carbons (Fsp3) is 0.316. The number of hydrogen-bond acceptors (Lipinski definition) is 3. The second-order valence-corrected chi connectivity index (χ2v) is 6.26. The first-order valence-electron chi connectivity index (χ1n) is 8.11. The Bertz CT molecular complexity index is 676. The highest BCUT2D eigenvalue weighted by Gasteiger charge is 2.22. The Morgan fingerprint density at radius 2 is 1.78 bits per heavy atom. The highest BCUT2D eigenvalue weighted by atomic mass is 16.1. The van der Waals surface area contributed by atoms with Gasteiger partial charge in [-0.25, -0.2) is 0 Å². The fourth-order valence-corrected chi connectivity index (χ4v) is 3.35. The molecule has 0 aliphatic carbocycles. The minimum Gasteiger partial charge on any atom is -0.399 e. The molecule has 4 nitrogen and oxygen atoms in total. The molecule has 0 bridgehead atoms. The van der Waals surface area contributed by atoms with E-state index in [0.717, 1.165) is 38.0 Å². The Labute approximate surface area is 137 Å². The monoisotopic (exact) mass is 309 g/mol. The maximum atomic E-state index is 11.7. The summed E-state index contributed by atoms with van der Waals surface area (Å²) in [6.07, 6.45) is 3.37. The van der Waals surface area contributed by atoms with Gasteiger partial charge in [0.25, 0.3) is 5.91 Å². The average molecular weight is 309 g/mol. The van der Waals surface area contributed by atoms with Gasteiger partial charge in [-0.15, -0.1) is 0 Å². The van der Waals surface area contributed by atoms with Crippen LogP contribution < -0.4 is 16.4 Å². The molecule has 1 saturated heterocycles. The van der Waals surface area contributed by atoms with E-state index in [0.29, 0.717) is 17.2 Å². The van der Waals surface area contributed by atoms with E-state index < -0.39 is 5.91 Å². The van der Waals surface area contributed by atoms with Crippen molar-refractivity contribution >= 4 is 17.3 Å². The second kappa shape index (κ2) is 6.73. The van der Waals surface area contributed by atoms with Crippen LogP contribution >= 0.6 is 0 Å². The van der Waals surface area contributed by atoms with E-state index in [4.69, 9.17) is 11.5 Å². The van der Waals surface area contributed by atoms with Crippen LogP contribution in [0, 0.1) is 5.92 Å². The lowest BCUT2D eigenvalue weighted by atomic mass is 9.89. The van der Waals surface area contributed by atoms with Crippen molar-refractivity contribution in [1.82, 2.24) is 0 Å². The molecule has 1 aliphatic rings. The van der Waals surface area contributed by atoms with Gasteiger partial charge in [-0.05, 0) is 48.9 Å². The molecule has 4 N–H and O–H groups in total. The Morgan fingerprint density at radius 3 is 2.43 bits per heavy atom. The van der Waals surface area contributed by atoms with E-state index in [2.05, 4.69) is 35.2 Å². The van der Waals surface area contributed by atoms with Crippen molar-refractivity contribution in [2.75, 3.05) is 23.7 Å². The number of carbonyl (C=O) groups excluding carboxylic acids is 1. The summed E-state index contributed by atoms with van der Waals surface area (Å²) in [5.74, 6) is 0.276. The molecule has 2 aromatic rings. The van der Waals surface area contributed by atoms with Crippen LogP contribution in [0.2, 0.25) is 0 Å². The number of primary amides is 1. The zero-order chi connectivity index (χ0) is 16.2. The van der Waals surface area contributed by atoms with E-state index in [1.54, 1.807) is 6.07 Å². The lowest BCUT2D eigenvalue weighted by Gasteiger charge is -2.34. The minimum absolute atomic E-state index is 0.418. The van der Waals surface area contributed by atoms with Gasteiger partial charge in [0.2, 0.25) is 0 Å². The quantitative estimate of drug-likeness (QED) is 0.853. The van der Waals surface area contributed by atoms with Crippen molar-refractivity contribution in [2.24, 2.45) is 11.7 Å². The molecule has 1 fully saturated rings. The third-order valence-corrected chi connectivity index (χ3v) is 4.61. The van der Waals surface area contributed by atoms with Gasteiger partial charge >= 0.3 is 0 Å². The lowest BCUT2D eigenvalue weighted by molar-refractivity contribution is 0.100. The molecule has 4 heteroatoms. The van der Waals surface area contributed by atoms with Gasteiger partial charge < -0.3 is 16.4 Å². The Kier molecular flexibility index (Phi) is 4.51. The molecule has 0 unspecified atom stereocenters. The highest BCUT2D eigenvalue weighted by Crippen LogP contribution is 2.29. The predicted molar refractivity (Wildman–Crippen MR) is 94.5 cm³/mol. The topological polar surface area (TPSA) is 72.3 Å². The van der Waals surface area contributed by atoms with E-state index in [9.17, 15) is 4.79 Å². The van der Waals surface area contributed by atoms with Crippen LogP contribution in [0.3, 0.4) is 0 Å². The number of benzene rings is 2. The third kappa shape index (κ3) is 3.65. The summed E-state index contributed by atoms with van der Waals surface area (Å²) in [5.41, 5.74) is 14.7. The van der Waals surface area contributed by atoms with Crippen LogP contribution in [0.1, 0.15) is 28.8 Å². The number of nitrogens with zero attached hydrogens (tertiary/aromatic N) is 1.